The van der Waals surface area contributed by atoms with Crippen molar-refractivity contribution in [3.8, 4) is 33.4 Å². The fourth-order valence-electron chi connectivity index (χ4n) is 6.66. The predicted octanol–water partition coefficient (Wildman–Crippen LogP) is 10.6. The van der Waals surface area contributed by atoms with Gasteiger partial charge in [-0.2, -0.15) is 0 Å². The fourth-order valence-corrected chi connectivity index (χ4v) is 6.66. The van der Waals surface area contributed by atoms with Crippen LogP contribution >= 0.6 is 0 Å². The first kappa shape index (κ1) is 26.2. The molecule has 44 heavy (non-hydrogen) atoms. The van der Waals surface area contributed by atoms with Gasteiger partial charge in [0.15, 0.2) is 0 Å². The minimum atomic E-state index is 0.843. The molecule has 0 aliphatic heterocycles. The summed E-state index contributed by atoms with van der Waals surface area (Å²) < 4.78 is 0. The van der Waals surface area contributed by atoms with Gasteiger partial charge in [-0.3, -0.25) is 15.0 Å². The summed E-state index contributed by atoms with van der Waals surface area (Å²) in [7, 11) is 0. The van der Waals surface area contributed by atoms with Crippen LogP contribution < -0.4 is 0 Å². The lowest BCUT2D eigenvalue weighted by atomic mass is 9.86. The van der Waals surface area contributed by atoms with Crippen LogP contribution in [0.15, 0.2) is 128 Å². The Hall–Kier alpha value is -5.41. The van der Waals surface area contributed by atoms with Crippen LogP contribution in [-0.2, 0) is 12.8 Å². The van der Waals surface area contributed by atoms with Crippen LogP contribution in [0.25, 0.3) is 76.7 Å². The number of pyridine rings is 3. The van der Waals surface area contributed by atoms with Gasteiger partial charge in [-0.15, -0.1) is 0 Å². The largest absolute Gasteiger partial charge is 0.263 e. The molecular formula is C41H31N3. The maximum absolute atomic E-state index is 5.10. The third-order valence-electron chi connectivity index (χ3n) is 8.81. The minimum absolute atomic E-state index is 0.843. The SMILES string of the molecule is CCc1ccc2ccc3c(-c4cncc(-c5c6ccccc6c(-c6ccccc6)c6ccccc56)c4)cc(CC)nc3c2n1. The second-order valence-electron chi connectivity index (χ2n) is 11.4. The molecule has 0 unspecified atom stereocenters. The van der Waals surface area contributed by atoms with E-state index in [1.165, 1.54) is 38.2 Å². The van der Waals surface area contributed by atoms with E-state index in [4.69, 9.17) is 15.0 Å². The van der Waals surface area contributed by atoms with Gasteiger partial charge in [0, 0.05) is 45.7 Å². The summed E-state index contributed by atoms with van der Waals surface area (Å²) in [5.74, 6) is 0. The second-order valence-corrected chi connectivity index (χ2v) is 11.4. The summed E-state index contributed by atoms with van der Waals surface area (Å²) >= 11 is 0. The molecule has 3 heterocycles. The Labute approximate surface area is 256 Å². The van der Waals surface area contributed by atoms with E-state index in [0.717, 1.165) is 62.7 Å². The zero-order valence-corrected chi connectivity index (χ0v) is 24.9. The van der Waals surface area contributed by atoms with Gasteiger partial charge in [0.25, 0.3) is 0 Å². The van der Waals surface area contributed by atoms with Gasteiger partial charge in [-0.25, -0.2) is 0 Å². The first-order valence-electron chi connectivity index (χ1n) is 15.4. The molecule has 0 atom stereocenters. The van der Waals surface area contributed by atoms with Crippen LogP contribution in [0, 0.1) is 0 Å². The van der Waals surface area contributed by atoms with Crippen molar-refractivity contribution in [3.05, 3.63) is 139 Å². The average molecular weight is 566 g/mol. The Balaban J connectivity index is 1.41. The number of aromatic nitrogens is 3. The predicted molar refractivity (Wildman–Crippen MR) is 185 cm³/mol. The average Bonchev–Trinajstić information content (AvgIpc) is 3.10. The number of aryl methyl sites for hydroxylation is 2. The molecule has 0 spiro atoms. The number of rotatable bonds is 5. The Bertz CT molecular complexity index is 2300. The maximum atomic E-state index is 5.10. The molecule has 0 saturated heterocycles. The second kappa shape index (κ2) is 10.7. The van der Waals surface area contributed by atoms with Crippen LogP contribution in [0.3, 0.4) is 0 Å². The first-order chi connectivity index (χ1) is 21.7. The quantitative estimate of drug-likeness (QED) is 0.154. The van der Waals surface area contributed by atoms with Crippen LogP contribution in [0.4, 0.5) is 0 Å². The topological polar surface area (TPSA) is 38.7 Å². The molecular weight excluding hydrogens is 534 g/mol. The summed E-state index contributed by atoms with van der Waals surface area (Å²) in [5, 5.41) is 7.14. The number of nitrogens with zero attached hydrogens (tertiary/aromatic N) is 3. The van der Waals surface area contributed by atoms with Crippen molar-refractivity contribution in [1.29, 1.82) is 0 Å². The lowest BCUT2D eigenvalue weighted by molar-refractivity contribution is 1.05. The summed E-state index contributed by atoms with van der Waals surface area (Å²) in [6.07, 6.45) is 5.73. The molecule has 3 heteroatoms. The van der Waals surface area contributed by atoms with Crippen LogP contribution in [0.1, 0.15) is 25.2 Å². The summed E-state index contributed by atoms with van der Waals surface area (Å²) in [5.41, 5.74) is 11.1. The van der Waals surface area contributed by atoms with E-state index < -0.39 is 0 Å². The molecule has 0 N–H and O–H groups in total. The smallest absolute Gasteiger partial charge is 0.0974 e. The highest BCUT2D eigenvalue weighted by atomic mass is 14.8. The molecule has 0 aliphatic rings. The number of hydrogen-bond donors (Lipinski definition) is 0. The van der Waals surface area contributed by atoms with E-state index in [1.54, 1.807) is 0 Å². The van der Waals surface area contributed by atoms with Crippen LogP contribution in [-0.4, -0.2) is 15.0 Å². The number of benzene rings is 5. The zero-order chi connectivity index (χ0) is 29.6. The van der Waals surface area contributed by atoms with Gasteiger partial charge in [-0.05, 0) is 74.8 Å². The van der Waals surface area contributed by atoms with Gasteiger partial charge in [0.2, 0.25) is 0 Å². The van der Waals surface area contributed by atoms with E-state index in [1.807, 2.05) is 12.4 Å². The molecule has 8 aromatic rings. The molecule has 0 amide bonds. The molecule has 210 valence electrons. The van der Waals surface area contributed by atoms with Crippen LogP contribution in [0.2, 0.25) is 0 Å². The number of fused-ring (bicyclic) bond motifs is 5. The molecule has 8 rings (SSSR count). The van der Waals surface area contributed by atoms with Crippen molar-refractivity contribution in [2.24, 2.45) is 0 Å². The molecule has 0 fully saturated rings. The molecule has 5 aromatic carbocycles. The Morgan fingerprint density at radius 3 is 1.68 bits per heavy atom. The lowest BCUT2D eigenvalue weighted by Crippen LogP contribution is -1.96. The third-order valence-corrected chi connectivity index (χ3v) is 8.81. The van der Waals surface area contributed by atoms with Crippen molar-refractivity contribution in [1.82, 2.24) is 15.0 Å². The zero-order valence-electron chi connectivity index (χ0n) is 24.9. The van der Waals surface area contributed by atoms with Gasteiger partial charge >= 0.3 is 0 Å². The van der Waals surface area contributed by atoms with Crippen LogP contribution in [0.5, 0.6) is 0 Å². The monoisotopic (exact) mass is 565 g/mol. The Morgan fingerprint density at radius 2 is 1.02 bits per heavy atom. The highest BCUT2D eigenvalue weighted by Crippen LogP contribution is 2.44. The minimum Gasteiger partial charge on any atom is -0.263 e. The standard InChI is InChI=1S/C41H31N3/c1-3-30-20-18-27-19-21-36-37(23-31(4-2)44-41(36)40(27)43-30)28-22-29(25-42-24-28)39-34-16-10-8-14-32(34)38(26-12-6-5-7-13-26)33-15-9-11-17-35(33)39/h5-25H,3-4H2,1-2H3. The third kappa shape index (κ3) is 4.24. The summed E-state index contributed by atoms with van der Waals surface area (Å²) in [4.78, 5) is 15.0. The molecule has 0 saturated carbocycles. The Morgan fingerprint density at radius 1 is 0.455 bits per heavy atom. The number of hydrogen-bond acceptors (Lipinski definition) is 3. The molecule has 3 nitrogen and oxygen atoms in total. The van der Waals surface area contributed by atoms with Gasteiger partial charge < -0.3 is 0 Å². The van der Waals surface area contributed by atoms with Crippen molar-refractivity contribution < 1.29 is 0 Å². The first-order valence-corrected chi connectivity index (χ1v) is 15.4. The van der Waals surface area contributed by atoms with E-state index in [0.29, 0.717) is 0 Å². The van der Waals surface area contributed by atoms with Gasteiger partial charge in [0.05, 0.1) is 11.0 Å². The van der Waals surface area contributed by atoms with E-state index in [9.17, 15) is 0 Å². The molecule has 0 bridgehead atoms. The van der Waals surface area contributed by atoms with Crippen molar-refractivity contribution in [2.75, 3.05) is 0 Å². The van der Waals surface area contributed by atoms with E-state index in [-0.39, 0.29) is 0 Å². The maximum Gasteiger partial charge on any atom is 0.0974 e. The lowest BCUT2D eigenvalue weighted by Gasteiger charge is -2.18. The Kier molecular flexibility index (Phi) is 6.38. The normalized spacial score (nSPS) is 11.6. The fraction of sp³-hybridized carbons (Fsp3) is 0.0976. The summed E-state index contributed by atoms with van der Waals surface area (Å²) in [6.45, 7) is 4.31. The molecule has 3 aromatic heterocycles. The molecule has 0 radical (unpaired) electrons. The highest BCUT2D eigenvalue weighted by Gasteiger charge is 2.18. The summed E-state index contributed by atoms with van der Waals surface area (Å²) in [6, 6.07) is 41.4. The van der Waals surface area contributed by atoms with E-state index in [2.05, 4.69) is 129 Å². The van der Waals surface area contributed by atoms with Crippen molar-refractivity contribution >= 4 is 43.4 Å². The highest BCUT2D eigenvalue weighted by molar-refractivity contribution is 6.21. The van der Waals surface area contributed by atoms with Gasteiger partial charge in [-0.1, -0.05) is 111 Å². The van der Waals surface area contributed by atoms with Gasteiger partial charge in [0.1, 0.15) is 0 Å². The van der Waals surface area contributed by atoms with E-state index >= 15 is 0 Å². The van der Waals surface area contributed by atoms with Crippen molar-refractivity contribution in [2.45, 2.75) is 26.7 Å². The van der Waals surface area contributed by atoms with Crippen molar-refractivity contribution in [3.63, 3.8) is 0 Å². The molecule has 0 aliphatic carbocycles.